The quantitative estimate of drug-likeness (QED) is 0.593. The number of hydrogen-bond donors (Lipinski definition) is 1. The largest absolute Gasteiger partial charge is 0.382 e. The van der Waals surface area contributed by atoms with E-state index in [-0.39, 0.29) is 0 Å². The maximum Gasteiger partial charge on any atom is 0.0466 e. The average Bonchev–Trinajstić information content (AvgIpc) is 2.09. The zero-order chi connectivity index (χ0) is 10.1. The summed E-state index contributed by atoms with van der Waals surface area (Å²) < 4.78 is 5.25. The van der Waals surface area contributed by atoms with E-state index in [1.807, 2.05) is 6.92 Å². The highest BCUT2D eigenvalue weighted by atomic mass is 16.5. The van der Waals surface area contributed by atoms with Crippen LogP contribution in [-0.2, 0) is 4.74 Å². The fraction of sp³-hybridized carbons (Fsp3) is 1.00. The molecule has 0 amide bonds. The van der Waals surface area contributed by atoms with Crippen LogP contribution in [0.1, 0.15) is 46.5 Å². The maximum atomic E-state index is 5.95. The summed E-state index contributed by atoms with van der Waals surface area (Å²) in [5.74, 6) is 0.776. The Morgan fingerprint density at radius 1 is 1.15 bits per heavy atom. The maximum absolute atomic E-state index is 5.95. The van der Waals surface area contributed by atoms with E-state index < -0.39 is 0 Å². The van der Waals surface area contributed by atoms with Crippen molar-refractivity contribution in [2.75, 3.05) is 13.2 Å². The molecule has 13 heavy (non-hydrogen) atoms. The van der Waals surface area contributed by atoms with E-state index in [0.29, 0.717) is 6.04 Å². The van der Waals surface area contributed by atoms with E-state index in [2.05, 4.69) is 13.8 Å². The molecule has 0 aromatic heterocycles. The lowest BCUT2D eigenvalue weighted by atomic mass is 10.0. The summed E-state index contributed by atoms with van der Waals surface area (Å²) >= 11 is 0. The van der Waals surface area contributed by atoms with Gasteiger partial charge in [0.2, 0.25) is 0 Å². The Labute approximate surface area is 82.8 Å². The molecule has 80 valence electrons. The molecule has 2 heteroatoms. The Morgan fingerprint density at radius 3 is 2.38 bits per heavy atom. The zero-order valence-electron chi connectivity index (χ0n) is 9.38. The highest BCUT2D eigenvalue weighted by Gasteiger charge is 2.03. The number of hydrogen-bond acceptors (Lipinski definition) is 2. The molecule has 0 fully saturated rings. The summed E-state index contributed by atoms with van der Waals surface area (Å²) in [5, 5.41) is 0. The third-order valence-corrected chi connectivity index (χ3v) is 2.18. The van der Waals surface area contributed by atoms with E-state index >= 15 is 0 Å². The van der Waals surface area contributed by atoms with Gasteiger partial charge in [0.25, 0.3) is 0 Å². The van der Waals surface area contributed by atoms with Gasteiger partial charge < -0.3 is 10.5 Å². The first-order valence-corrected chi connectivity index (χ1v) is 5.50. The van der Waals surface area contributed by atoms with Gasteiger partial charge >= 0.3 is 0 Å². The average molecular weight is 187 g/mol. The summed E-state index contributed by atoms with van der Waals surface area (Å²) in [4.78, 5) is 0. The lowest BCUT2D eigenvalue weighted by Gasteiger charge is -2.12. The minimum atomic E-state index is 0.378. The van der Waals surface area contributed by atoms with Crippen LogP contribution in [0.2, 0.25) is 0 Å². The summed E-state index contributed by atoms with van der Waals surface area (Å²) in [7, 11) is 0. The summed E-state index contributed by atoms with van der Waals surface area (Å²) in [6.07, 6.45) is 4.61. The molecule has 0 aromatic rings. The molecule has 0 aromatic carbocycles. The Morgan fingerprint density at radius 2 is 1.85 bits per heavy atom. The predicted molar refractivity (Wildman–Crippen MR) is 57.8 cm³/mol. The zero-order valence-corrected chi connectivity index (χ0v) is 9.38. The molecule has 2 N–H and O–H groups in total. The number of rotatable bonds is 8. The van der Waals surface area contributed by atoms with Crippen molar-refractivity contribution in [1.29, 1.82) is 0 Å². The lowest BCUT2D eigenvalue weighted by molar-refractivity contribution is 0.141. The van der Waals surface area contributed by atoms with Gasteiger partial charge in [0.1, 0.15) is 0 Å². The number of ether oxygens (including phenoxy) is 1. The van der Waals surface area contributed by atoms with E-state index in [4.69, 9.17) is 10.5 Å². The van der Waals surface area contributed by atoms with Gasteiger partial charge in [-0.2, -0.15) is 0 Å². The van der Waals surface area contributed by atoms with Crippen molar-refractivity contribution < 1.29 is 4.74 Å². The van der Waals surface area contributed by atoms with Crippen LogP contribution in [0.5, 0.6) is 0 Å². The molecule has 0 heterocycles. The molecule has 1 atom stereocenters. The molecule has 0 bridgehead atoms. The Bertz CT molecular complexity index is 104. The molecule has 0 saturated carbocycles. The fourth-order valence-corrected chi connectivity index (χ4v) is 1.28. The monoisotopic (exact) mass is 187 g/mol. The normalized spacial score (nSPS) is 13.6. The van der Waals surface area contributed by atoms with Gasteiger partial charge in [-0.25, -0.2) is 0 Å². The van der Waals surface area contributed by atoms with E-state index in [1.54, 1.807) is 0 Å². The first kappa shape index (κ1) is 12.9. The van der Waals surface area contributed by atoms with Crippen LogP contribution in [0.3, 0.4) is 0 Å². The van der Waals surface area contributed by atoms with Crippen LogP contribution in [0.15, 0.2) is 0 Å². The Balaban J connectivity index is 3.15. The molecule has 2 nitrogen and oxygen atoms in total. The Hall–Kier alpha value is -0.0800. The Kier molecular flexibility index (Phi) is 8.46. The van der Waals surface area contributed by atoms with Crippen molar-refractivity contribution in [3.05, 3.63) is 0 Å². The van der Waals surface area contributed by atoms with Crippen LogP contribution >= 0.6 is 0 Å². The second kappa shape index (κ2) is 8.52. The molecule has 0 aliphatic rings. The van der Waals surface area contributed by atoms with Crippen LogP contribution < -0.4 is 5.73 Å². The van der Waals surface area contributed by atoms with E-state index in [0.717, 1.165) is 38.4 Å². The van der Waals surface area contributed by atoms with Crippen LogP contribution in [0, 0.1) is 5.92 Å². The summed E-state index contributed by atoms with van der Waals surface area (Å²) in [6, 6.07) is 0.378. The van der Waals surface area contributed by atoms with Gasteiger partial charge in [0.15, 0.2) is 0 Å². The first-order valence-electron chi connectivity index (χ1n) is 5.50. The van der Waals surface area contributed by atoms with Crippen molar-refractivity contribution in [2.45, 2.75) is 52.5 Å². The van der Waals surface area contributed by atoms with Crippen LogP contribution in [0.4, 0.5) is 0 Å². The van der Waals surface area contributed by atoms with Gasteiger partial charge in [0.05, 0.1) is 0 Å². The number of nitrogens with two attached hydrogens (primary N) is 1. The summed E-state index contributed by atoms with van der Waals surface area (Å²) in [6.45, 7) is 8.20. The molecule has 0 aliphatic carbocycles. The van der Waals surface area contributed by atoms with Crippen LogP contribution in [-0.4, -0.2) is 19.3 Å². The molecule has 0 aliphatic heterocycles. The topological polar surface area (TPSA) is 35.2 Å². The SMILES string of the molecule is CCOCCCC(N)CCC(C)C. The van der Waals surface area contributed by atoms with Crippen molar-refractivity contribution >= 4 is 0 Å². The van der Waals surface area contributed by atoms with Crippen molar-refractivity contribution in [3.8, 4) is 0 Å². The van der Waals surface area contributed by atoms with Crippen molar-refractivity contribution in [1.82, 2.24) is 0 Å². The molecule has 1 unspecified atom stereocenters. The molecule has 0 radical (unpaired) electrons. The van der Waals surface area contributed by atoms with E-state index in [9.17, 15) is 0 Å². The predicted octanol–water partition coefficient (Wildman–Crippen LogP) is 2.57. The minimum Gasteiger partial charge on any atom is -0.382 e. The second-order valence-electron chi connectivity index (χ2n) is 4.07. The highest BCUT2D eigenvalue weighted by molar-refractivity contribution is 4.62. The van der Waals surface area contributed by atoms with E-state index in [1.165, 1.54) is 6.42 Å². The van der Waals surface area contributed by atoms with Gasteiger partial charge in [-0.3, -0.25) is 0 Å². The van der Waals surface area contributed by atoms with Crippen molar-refractivity contribution in [3.63, 3.8) is 0 Å². The summed E-state index contributed by atoms with van der Waals surface area (Å²) in [5.41, 5.74) is 5.95. The first-order chi connectivity index (χ1) is 6.16. The minimum absolute atomic E-state index is 0.378. The van der Waals surface area contributed by atoms with Gasteiger partial charge in [-0.15, -0.1) is 0 Å². The third-order valence-electron chi connectivity index (χ3n) is 2.18. The smallest absolute Gasteiger partial charge is 0.0466 e. The highest BCUT2D eigenvalue weighted by Crippen LogP contribution is 2.08. The standard InChI is InChI=1S/C11H25NO/c1-4-13-9-5-6-11(12)8-7-10(2)3/h10-11H,4-9,12H2,1-3H3. The molecule has 0 saturated heterocycles. The van der Waals surface area contributed by atoms with Gasteiger partial charge in [0, 0.05) is 19.3 Å². The van der Waals surface area contributed by atoms with Gasteiger partial charge in [-0.1, -0.05) is 13.8 Å². The molecule has 0 rings (SSSR count). The molecular formula is C11H25NO. The molecule has 0 spiro atoms. The fourth-order valence-electron chi connectivity index (χ4n) is 1.28. The van der Waals surface area contributed by atoms with Crippen LogP contribution in [0.25, 0.3) is 0 Å². The third kappa shape index (κ3) is 9.84. The molecular weight excluding hydrogens is 162 g/mol. The van der Waals surface area contributed by atoms with Crippen molar-refractivity contribution in [2.24, 2.45) is 11.7 Å². The lowest BCUT2D eigenvalue weighted by Crippen LogP contribution is -2.20. The second-order valence-corrected chi connectivity index (χ2v) is 4.07. The van der Waals surface area contributed by atoms with Gasteiger partial charge in [-0.05, 0) is 38.5 Å².